The van der Waals surface area contributed by atoms with E-state index in [1.807, 2.05) is 6.07 Å². The largest absolute Gasteiger partial charge is 0.443 e. The van der Waals surface area contributed by atoms with Crippen molar-refractivity contribution in [2.45, 2.75) is 51.7 Å². The fraction of sp³-hybridized carbons (Fsp3) is 0.471. The Balaban J connectivity index is 2.23. The molecule has 23 heavy (non-hydrogen) atoms. The highest BCUT2D eigenvalue weighted by molar-refractivity contribution is 6.30. The van der Waals surface area contributed by atoms with Gasteiger partial charge in [0.2, 0.25) is 5.91 Å². The zero-order valence-electron chi connectivity index (χ0n) is 13.5. The second-order valence-electron chi connectivity index (χ2n) is 6.65. The minimum absolute atomic E-state index is 0.136. The van der Waals surface area contributed by atoms with E-state index in [-0.39, 0.29) is 18.6 Å². The Kier molecular flexibility index (Phi) is 5.09. The predicted octanol–water partition coefficient (Wildman–Crippen LogP) is 3.38. The molecule has 1 atom stereocenters. The third-order valence-corrected chi connectivity index (χ3v) is 3.63. The van der Waals surface area contributed by atoms with Crippen molar-refractivity contribution in [3.63, 3.8) is 0 Å². The fourth-order valence-corrected chi connectivity index (χ4v) is 2.76. The Morgan fingerprint density at radius 2 is 2.04 bits per heavy atom. The Morgan fingerprint density at radius 1 is 1.35 bits per heavy atom. The number of piperidine rings is 1. The fourth-order valence-electron chi connectivity index (χ4n) is 2.55. The number of benzene rings is 1. The van der Waals surface area contributed by atoms with Crippen molar-refractivity contribution >= 4 is 29.4 Å². The van der Waals surface area contributed by atoms with Crippen LogP contribution in [-0.4, -0.2) is 34.3 Å². The van der Waals surface area contributed by atoms with Crippen LogP contribution in [0.3, 0.4) is 0 Å². The van der Waals surface area contributed by atoms with Crippen LogP contribution in [0.4, 0.5) is 4.79 Å². The van der Waals surface area contributed by atoms with Crippen molar-refractivity contribution in [2.75, 3.05) is 0 Å². The molecule has 6 heteroatoms. The summed E-state index contributed by atoms with van der Waals surface area (Å²) in [4.78, 5) is 37.4. The number of carbonyl (C=O) groups is 3. The van der Waals surface area contributed by atoms with Gasteiger partial charge in [-0.2, -0.15) is 0 Å². The zero-order valence-corrected chi connectivity index (χ0v) is 14.2. The van der Waals surface area contributed by atoms with Crippen molar-refractivity contribution in [2.24, 2.45) is 0 Å². The van der Waals surface area contributed by atoms with Gasteiger partial charge in [0.25, 0.3) is 0 Å². The molecular weight excluding hydrogens is 318 g/mol. The van der Waals surface area contributed by atoms with Gasteiger partial charge in [-0.15, -0.1) is 0 Å². The highest BCUT2D eigenvalue weighted by Crippen LogP contribution is 2.23. The summed E-state index contributed by atoms with van der Waals surface area (Å²) in [6, 6.07) is 6.61. The molecule has 0 N–H and O–H groups in total. The summed E-state index contributed by atoms with van der Waals surface area (Å²) >= 11 is 5.97. The first-order chi connectivity index (χ1) is 10.7. The molecule has 0 saturated carbocycles. The average molecular weight is 338 g/mol. The lowest BCUT2D eigenvalue weighted by molar-refractivity contribution is -0.141. The van der Waals surface area contributed by atoms with Crippen LogP contribution in [0.2, 0.25) is 5.02 Å². The lowest BCUT2D eigenvalue weighted by Gasteiger charge is -2.34. The maximum absolute atomic E-state index is 12.3. The van der Waals surface area contributed by atoms with Gasteiger partial charge in [-0.1, -0.05) is 23.7 Å². The number of amides is 2. The summed E-state index contributed by atoms with van der Waals surface area (Å²) in [5.74, 6) is -0.677. The van der Waals surface area contributed by atoms with Gasteiger partial charge in [0.05, 0.1) is 12.5 Å². The van der Waals surface area contributed by atoms with Crippen molar-refractivity contribution in [3.05, 3.63) is 34.9 Å². The quantitative estimate of drug-likeness (QED) is 0.776. The second-order valence-corrected chi connectivity index (χ2v) is 7.09. The maximum Gasteiger partial charge on any atom is 0.417 e. The van der Waals surface area contributed by atoms with Crippen LogP contribution in [0, 0.1) is 0 Å². The van der Waals surface area contributed by atoms with Crippen LogP contribution in [0.15, 0.2) is 24.3 Å². The second kappa shape index (κ2) is 6.71. The Labute approximate surface area is 140 Å². The minimum atomic E-state index is -0.709. The number of imide groups is 1. The summed E-state index contributed by atoms with van der Waals surface area (Å²) in [7, 11) is 0. The SMILES string of the molecule is CC(C)(C)OC(=O)N1C(=O)CC(=O)C[C@@H]1Cc1cccc(Cl)c1. The molecule has 0 spiro atoms. The normalized spacial score (nSPS) is 19.0. The summed E-state index contributed by atoms with van der Waals surface area (Å²) in [5.41, 5.74) is 0.151. The molecule has 1 aliphatic heterocycles. The topological polar surface area (TPSA) is 63.7 Å². The third kappa shape index (κ3) is 4.79. The van der Waals surface area contributed by atoms with Crippen LogP contribution < -0.4 is 0 Å². The Bertz CT molecular complexity index is 636. The van der Waals surface area contributed by atoms with Crippen LogP contribution >= 0.6 is 11.6 Å². The van der Waals surface area contributed by atoms with Gasteiger partial charge in [-0.3, -0.25) is 9.59 Å². The predicted molar refractivity (Wildman–Crippen MR) is 86.3 cm³/mol. The molecule has 0 unspecified atom stereocenters. The van der Waals surface area contributed by atoms with Gasteiger partial charge in [0.15, 0.2) is 0 Å². The molecule has 0 aliphatic carbocycles. The molecule has 2 amide bonds. The van der Waals surface area contributed by atoms with E-state index in [1.165, 1.54) is 0 Å². The first-order valence-electron chi connectivity index (χ1n) is 7.47. The van der Waals surface area contributed by atoms with E-state index >= 15 is 0 Å². The lowest BCUT2D eigenvalue weighted by atomic mass is 9.94. The molecule has 2 rings (SSSR count). The van der Waals surface area contributed by atoms with Crippen molar-refractivity contribution in [1.82, 2.24) is 4.90 Å². The van der Waals surface area contributed by atoms with Gasteiger partial charge in [0, 0.05) is 11.4 Å². The molecule has 124 valence electrons. The van der Waals surface area contributed by atoms with E-state index in [4.69, 9.17) is 16.3 Å². The van der Waals surface area contributed by atoms with Gasteiger partial charge < -0.3 is 4.74 Å². The smallest absolute Gasteiger partial charge is 0.417 e. The average Bonchev–Trinajstić information content (AvgIpc) is 2.35. The standard InChI is InChI=1S/C17H20ClNO4/c1-17(2,3)23-16(22)19-13(9-14(20)10-15(19)21)8-11-5-4-6-12(18)7-11/h4-7,13H,8-10H2,1-3H3/t13-/m0/s1. The number of carbonyl (C=O) groups excluding carboxylic acids is 3. The summed E-state index contributed by atoms with van der Waals surface area (Å²) in [5, 5.41) is 0.569. The Morgan fingerprint density at radius 3 is 2.65 bits per heavy atom. The van der Waals surface area contributed by atoms with Crippen molar-refractivity contribution in [3.8, 4) is 0 Å². The molecule has 5 nitrogen and oxygen atoms in total. The summed E-state index contributed by atoms with van der Waals surface area (Å²) < 4.78 is 5.30. The summed E-state index contributed by atoms with van der Waals surface area (Å²) in [6.45, 7) is 5.20. The van der Waals surface area contributed by atoms with Gasteiger partial charge in [-0.05, 0) is 44.9 Å². The van der Waals surface area contributed by atoms with E-state index in [0.29, 0.717) is 11.4 Å². The number of nitrogens with zero attached hydrogens (tertiary/aromatic N) is 1. The lowest BCUT2D eigenvalue weighted by Crippen LogP contribution is -2.52. The maximum atomic E-state index is 12.3. The van der Waals surface area contributed by atoms with Crippen LogP contribution in [-0.2, 0) is 20.7 Å². The number of halogens is 1. The molecule has 1 aliphatic rings. The third-order valence-electron chi connectivity index (χ3n) is 3.40. The van der Waals surface area contributed by atoms with Gasteiger partial charge in [0.1, 0.15) is 11.4 Å². The van der Waals surface area contributed by atoms with E-state index in [2.05, 4.69) is 0 Å². The molecule has 1 fully saturated rings. The molecule has 0 aromatic heterocycles. The number of hydrogen-bond acceptors (Lipinski definition) is 4. The highest BCUT2D eigenvalue weighted by Gasteiger charge is 2.39. The van der Waals surface area contributed by atoms with E-state index in [0.717, 1.165) is 10.5 Å². The van der Waals surface area contributed by atoms with Crippen LogP contribution in [0.5, 0.6) is 0 Å². The number of ketones is 1. The monoisotopic (exact) mass is 337 g/mol. The molecule has 0 radical (unpaired) electrons. The number of rotatable bonds is 2. The molecule has 1 aromatic rings. The minimum Gasteiger partial charge on any atom is -0.443 e. The van der Waals surface area contributed by atoms with Gasteiger partial charge in [-0.25, -0.2) is 9.69 Å². The zero-order chi connectivity index (χ0) is 17.2. The first-order valence-corrected chi connectivity index (χ1v) is 7.85. The van der Waals surface area contributed by atoms with Crippen LogP contribution in [0.25, 0.3) is 0 Å². The van der Waals surface area contributed by atoms with E-state index in [1.54, 1.807) is 39.0 Å². The van der Waals surface area contributed by atoms with E-state index in [9.17, 15) is 14.4 Å². The highest BCUT2D eigenvalue weighted by atomic mass is 35.5. The Hall–Kier alpha value is -1.88. The number of likely N-dealkylation sites (tertiary alicyclic amines) is 1. The van der Waals surface area contributed by atoms with Crippen LogP contribution in [0.1, 0.15) is 39.2 Å². The number of ether oxygens (including phenoxy) is 1. The van der Waals surface area contributed by atoms with Crippen molar-refractivity contribution in [1.29, 1.82) is 0 Å². The van der Waals surface area contributed by atoms with Gasteiger partial charge >= 0.3 is 6.09 Å². The molecule has 0 bridgehead atoms. The molecule has 1 aromatic carbocycles. The first kappa shape index (κ1) is 17.5. The van der Waals surface area contributed by atoms with Crippen molar-refractivity contribution < 1.29 is 19.1 Å². The number of Topliss-reactive ketones (excluding diaryl/α,β-unsaturated/α-hetero) is 1. The molecule has 1 saturated heterocycles. The van der Waals surface area contributed by atoms with E-state index < -0.39 is 23.6 Å². The summed E-state index contributed by atoms with van der Waals surface area (Å²) in [6.07, 6.45) is -0.456. The molecule has 1 heterocycles. The molecular formula is C17H20ClNO4. The number of hydrogen-bond donors (Lipinski definition) is 0.